The van der Waals surface area contributed by atoms with Gasteiger partial charge in [-0.25, -0.2) is 4.79 Å². The first kappa shape index (κ1) is 27.2. The van der Waals surface area contributed by atoms with E-state index >= 15 is 0 Å². The van der Waals surface area contributed by atoms with Crippen LogP contribution in [0.3, 0.4) is 0 Å². The fourth-order valence-electron chi connectivity index (χ4n) is 3.46. The van der Waals surface area contributed by atoms with Crippen molar-refractivity contribution in [3.63, 3.8) is 0 Å². The van der Waals surface area contributed by atoms with Crippen LogP contribution < -0.4 is 10.6 Å². The van der Waals surface area contributed by atoms with Crippen LogP contribution in [-0.4, -0.2) is 41.5 Å². The van der Waals surface area contributed by atoms with Gasteiger partial charge in [-0.3, -0.25) is 9.59 Å². The Morgan fingerprint density at radius 2 is 1.71 bits per heavy atom. The lowest BCUT2D eigenvalue weighted by Gasteiger charge is -2.31. The Balaban J connectivity index is 2.36. The summed E-state index contributed by atoms with van der Waals surface area (Å²) in [7, 11) is 0. The molecular formula is C26H34ClN3O4. The van der Waals surface area contributed by atoms with Gasteiger partial charge in [-0.1, -0.05) is 41.9 Å². The van der Waals surface area contributed by atoms with E-state index in [1.54, 1.807) is 39.8 Å². The fourth-order valence-corrected chi connectivity index (χ4v) is 3.72. The largest absolute Gasteiger partial charge is 0.444 e. The highest BCUT2D eigenvalue weighted by Crippen LogP contribution is 2.29. The highest BCUT2D eigenvalue weighted by molar-refractivity contribution is 6.34. The Labute approximate surface area is 206 Å². The van der Waals surface area contributed by atoms with Gasteiger partial charge in [-0.05, 0) is 76.8 Å². The van der Waals surface area contributed by atoms with Gasteiger partial charge in [0.2, 0.25) is 5.91 Å². The zero-order chi connectivity index (χ0) is 25.6. The number of ether oxygens (including phenoxy) is 1. The maximum Gasteiger partial charge on any atom is 0.408 e. The van der Waals surface area contributed by atoms with E-state index in [0.717, 1.165) is 16.7 Å². The number of halogens is 1. The first-order valence-corrected chi connectivity index (χ1v) is 11.6. The Hall–Kier alpha value is -3.06. The molecular weight excluding hydrogens is 454 g/mol. The number of alkyl carbamates (subject to hydrolysis) is 1. The van der Waals surface area contributed by atoms with E-state index in [-0.39, 0.29) is 13.1 Å². The number of nitrogens with zero attached hydrogens (tertiary/aromatic N) is 1. The van der Waals surface area contributed by atoms with Crippen LogP contribution in [0.2, 0.25) is 5.02 Å². The number of amides is 3. The van der Waals surface area contributed by atoms with Crippen LogP contribution in [0, 0.1) is 20.8 Å². The van der Waals surface area contributed by atoms with E-state index in [1.165, 1.54) is 4.90 Å². The van der Waals surface area contributed by atoms with Gasteiger partial charge in [-0.15, -0.1) is 0 Å². The van der Waals surface area contributed by atoms with Gasteiger partial charge in [0.25, 0.3) is 5.91 Å². The molecule has 0 fully saturated rings. The van der Waals surface area contributed by atoms with Gasteiger partial charge in [0, 0.05) is 6.54 Å². The van der Waals surface area contributed by atoms with E-state index in [1.807, 2.05) is 45.0 Å². The molecule has 0 saturated carbocycles. The Morgan fingerprint density at radius 1 is 1.03 bits per heavy atom. The van der Waals surface area contributed by atoms with Gasteiger partial charge in [-0.2, -0.15) is 0 Å². The predicted octanol–water partition coefficient (Wildman–Crippen LogP) is 5.32. The minimum absolute atomic E-state index is 0.251. The number of carbonyl (C=O) groups excluding carboxylic acids is 3. The smallest absolute Gasteiger partial charge is 0.408 e. The standard InChI is InChI=1S/C26H34ClN3O4/c1-8-30(21(31)15-28-25(33)34-26(5,6)7)23(19-13-12-16(2)18(4)14-19)24(32)29-22-17(3)10-9-11-20(22)27/h9-14,23H,8,15H2,1-7H3,(H,28,33)(H,29,32). The average molecular weight is 488 g/mol. The third-order valence-corrected chi connectivity index (χ3v) is 5.64. The van der Waals surface area contributed by atoms with Crippen molar-refractivity contribution >= 4 is 35.2 Å². The van der Waals surface area contributed by atoms with E-state index in [0.29, 0.717) is 16.3 Å². The number of hydrogen-bond acceptors (Lipinski definition) is 4. The summed E-state index contributed by atoms with van der Waals surface area (Å²) in [5.41, 5.74) is 3.36. The van der Waals surface area contributed by atoms with Crippen molar-refractivity contribution in [2.24, 2.45) is 0 Å². The monoisotopic (exact) mass is 487 g/mol. The summed E-state index contributed by atoms with van der Waals surface area (Å²) in [5.74, 6) is -0.811. The third-order valence-electron chi connectivity index (χ3n) is 5.32. The lowest BCUT2D eigenvalue weighted by Crippen LogP contribution is -2.46. The Morgan fingerprint density at radius 3 is 2.26 bits per heavy atom. The molecule has 3 amide bonds. The lowest BCUT2D eigenvalue weighted by atomic mass is 9.98. The molecule has 0 aliphatic heterocycles. The number of para-hydroxylation sites is 1. The maximum absolute atomic E-state index is 13.6. The second-order valence-electron chi connectivity index (χ2n) is 9.20. The molecule has 0 aromatic heterocycles. The predicted molar refractivity (Wildman–Crippen MR) is 135 cm³/mol. The molecule has 0 aliphatic rings. The van der Waals surface area contributed by atoms with E-state index in [2.05, 4.69) is 10.6 Å². The minimum atomic E-state index is -0.923. The van der Waals surface area contributed by atoms with Gasteiger partial charge < -0.3 is 20.3 Å². The normalized spacial score (nSPS) is 12.0. The summed E-state index contributed by atoms with van der Waals surface area (Å²) in [5, 5.41) is 5.79. The highest BCUT2D eigenvalue weighted by atomic mass is 35.5. The number of carbonyl (C=O) groups is 3. The summed E-state index contributed by atoms with van der Waals surface area (Å²) < 4.78 is 5.21. The highest BCUT2D eigenvalue weighted by Gasteiger charge is 2.31. The first-order valence-electron chi connectivity index (χ1n) is 11.2. The van der Waals surface area contributed by atoms with Crippen LogP contribution in [-0.2, 0) is 14.3 Å². The third kappa shape index (κ3) is 7.22. The van der Waals surface area contributed by atoms with Gasteiger partial charge in [0.05, 0.1) is 10.7 Å². The molecule has 7 nitrogen and oxygen atoms in total. The molecule has 0 spiro atoms. The lowest BCUT2D eigenvalue weighted by molar-refractivity contribution is -0.138. The molecule has 0 aliphatic carbocycles. The Kier molecular flexibility index (Phi) is 9.10. The van der Waals surface area contributed by atoms with Gasteiger partial charge in [0.15, 0.2) is 0 Å². The average Bonchev–Trinajstić information content (AvgIpc) is 2.73. The molecule has 1 unspecified atom stereocenters. The number of nitrogens with one attached hydrogen (secondary N) is 2. The molecule has 2 aromatic rings. The number of benzene rings is 2. The van der Waals surface area contributed by atoms with Crippen molar-refractivity contribution in [1.82, 2.24) is 10.2 Å². The van der Waals surface area contributed by atoms with E-state index < -0.39 is 29.6 Å². The molecule has 2 rings (SSSR count). The molecule has 8 heteroatoms. The summed E-state index contributed by atoms with van der Waals surface area (Å²) in [4.78, 5) is 40.2. The maximum atomic E-state index is 13.6. The van der Waals surface area contributed by atoms with E-state index in [9.17, 15) is 14.4 Å². The SMILES string of the molecule is CCN(C(=O)CNC(=O)OC(C)(C)C)C(C(=O)Nc1c(C)cccc1Cl)c1ccc(C)c(C)c1. The second kappa shape index (κ2) is 11.4. The Bertz CT molecular complexity index is 1040. The van der Waals surface area contributed by atoms with E-state index in [4.69, 9.17) is 16.3 Å². The quantitative estimate of drug-likeness (QED) is 0.553. The van der Waals surface area contributed by atoms with Crippen molar-refractivity contribution in [2.75, 3.05) is 18.4 Å². The number of rotatable bonds is 7. The topological polar surface area (TPSA) is 87.7 Å². The van der Waals surface area contributed by atoms with Gasteiger partial charge in [0.1, 0.15) is 18.2 Å². The summed E-state index contributed by atoms with van der Waals surface area (Å²) in [6.45, 7) is 12.7. The molecule has 0 radical (unpaired) electrons. The first-order chi connectivity index (χ1) is 15.8. The molecule has 2 N–H and O–H groups in total. The van der Waals surface area contributed by atoms with Crippen LogP contribution in [0.1, 0.15) is 56.0 Å². The molecule has 0 saturated heterocycles. The number of aryl methyl sites for hydroxylation is 3. The van der Waals surface area contributed by atoms with Crippen molar-refractivity contribution in [1.29, 1.82) is 0 Å². The second-order valence-corrected chi connectivity index (χ2v) is 9.61. The van der Waals surface area contributed by atoms with Crippen LogP contribution in [0.4, 0.5) is 10.5 Å². The van der Waals surface area contributed by atoms with Crippen LogP contribution in [0.5, 0.6) is 0 Å². The molecule has 184 valence electrons. The van der Waals surface area contributed by atoms with Crippen molar-refractivity contribution in [2.45, 2.75) is 60.1 Å². The molecule has 0 bridgehead atoms. The summed E-state index contributed by atoms with van der Waals surface area (Å²) in [6, 6.07) is 10.1. The molecule has 0 heterocycles. The number of hydrogen-bond donors (Lipinski definition) is 2. The molecule has 2 aromatic carbocycles. The fraction of sp³-hybridized carbons (Fsp3) is 0.423. The molecule has 1 atom stereocenters. The van der Waals surface area contributed by atoms with Crippen molar-refractivity contribution < 1.29 is 19.1 Å². The summed E-state index contributed by atoms with van der Waals surface area (Å²) >= 11 is 6.33. The van der Waals surface area contributed by atoms with Crippen LogP contribution in [0.25, 0.3) is 0 Å². The number of likely N-dealkylation sites (N-methyl/N-ethyl adjacent to an activating group) is 1. The van der Waals surface area contributed by atoms with Gasteiger partial charge >= 0.3 is 6.09 Å². The zero-order valence-electron chi connectivity index (χ0n) is 20.9. The minimum Gasteiger partial charge on any atom is -0.444 e. The summed E-state index contributed by atoms with van der Waals surface area (Å²) in [6.07, 6.45) is -0.698. The number of anilines is 1. The molecule has 34 heavy (non-hydrogen) atoms. The van der Waals surface area contributed by atoms with Crippen LogP contribution in [0.15, 0.2) is 36.4 Å². The van der Waals surface area contributed by atoms with Crippen molar-refractivity contribution in [3.05, 3.63) is 63.7 Å². The van der Waals surface area contributed by atoms with Crippen molar-refractivity contribution in [3.8, 4) is 0 Å². The zero-order valence-corrected chi connectivity index (χ0v) is 21.7. The van der Waals surface area contributed by atoms with Crippen LogP contribution >= 0.6 is 11.6 Å².